The van der Waals surface area contributed by atoms with Crippen LogP contribution in [0.15, 0.2) is 18.2 Å². The number of carbonyl (C=O) groups excluding carboxylic acids is 1. The zero-order chi connectivity index (χ0) is 14.6. The number of aldehydes is 1. The molecule has 0 amide bonds. The molecule has 5 N–H and O–H groups in total. The molecular formula is C14H21NO4. The molecule has 0 bridgehead atoms. The van der Waals surface area contributed by atoms with Crippen molar-refractivity contribution in [3.8, 4) is 5.75 Å². The second-order valence-corrected chi connectivity index (χ2v) is 5.21. The number of phenols is 1. The average Bonchev–Trinajstić information content (AvgIpc) is 2.36. The molecular weight excluding hydrogens is 246 g/mol. The minimum absolute atomic E-state index is 0.0478. The van der Waals surface area contributed by atoms with E-state index in [0.29, 0.717) is 25.0 Å². The van der Waals surface area contributed by atoms with E-state index in [2.05, 4.69) is 0 Å². The second-order valence-electron chi connectivity index (χ2n) is 5.21. The van der Waals surface area contributed by atoms with Crippen LogP contribution in [0.25, 0.3) is 0 Å². The van der Waals surface area contributed by atoms with Gasteiger partial charge in [0.1, 0.15) is 18.1 Å². The fraction of sp³-hybridized carbons (Fsp3) is 0.500. The summed E-state index contributed by atoms with van der Waals surface area (Å²) in [6.45, 7) is 3.99. The number of benzene rings is 1. The minimum Gasteiger partial charge on any atom is -0.508 e. The van der Waals surface area contributed by atoms with Crippen molar-refractivity contribution in [2.45, 2.75) is 38.5 Å². The first-order valence-corrected chi connectivity index (χ1v) is 6.27. The van der Waals surface area contributed by atoms with Crippen molar-refractivity contribution in [2.75, 3.05) is 0 Å². The lowest BCUT2D eigenvalue weighted by Crippen LogP contribution is -2.48. The van der Waals surface area contributed by atoms with E-state index in [1.165, 1.54) is 18.2 Å². The second kappa shape index (κ2) is 6.14. The summed E-state index contributed by atoms with van der Waals surface area (Å²) in [5.41, 5.74) is 3.86. The molecule has 5 nitrogen and oxygen atoms in total. The number of aromatic hydroxyl groups is 1. The molecule has 0 aliphatic carbocycles. The Morgan fingerprint density at radius 3 is 2.53 bits per heavy atom. The van der Waals surface area contributed by atoms with E-state index < -0.39 is 11.8 Å². The van der Waals surface area contributed by atoms with Gasteiger partial charge in [0.15, 0.2) is 5.72 Å². The van der Waals surface area contributed by atoms with Crippen LogP contribution in [0.1, 0.15) is 42.6 Å². The fourth-order valence-electron chi connectivity index (χ4n) is 1.84. The van der Waals surface area contributed by atoms with Crippen LogP contribution in [0.2, 0.25) is 0 Å². The maximum atomic E-state index is 10.7. The molecule has 2 atom stereocenters. The van der Waals surface area contributed by atoms with E-state index in [-0.39, 0.29) is 16.9 Å². The molecule has 0 spiro atoms. The van der Waals surface area contributed by atoms with Crippen LogP contribution in [-0.4, -0.2) is 27.7 Å². The minimum atomic E-state index is -2.09. The zero-order valence-corrected chi connectivity index (χ0v) is 11.2. The van der Waals surface area contributed by atoms with Crippen molar-refractivity contribution in [1.29, 1.82) is 0 Å². The van der Waals surface area contributed by atoms with Gasteiger partial charge in [-0.25, -0.2) is 0 Å². The van der Waals surface area contributed by atoms with Gasteiger partial charge < -0.3 is 15.3 Å². The Labute approximate surface area is 112 Å². The van der Waals surface area contributed by atoms with Crippen molar-refractivity contribution < 1.29 is 20.1 Å². The number of hydrogen-bond acceptors (Lipinski definition) is 5. The normalized spacial score (nSPS) is 16.1. The molecule has 1 rings (SSSR count). The number of phenolic OH excluding ortho intramolecular Hbond substituents is 1. The first kappa shape index (κ1) is 15.6. The monoisotopic (exact) mass is 267 g/mol. The molecule has 0 aromatic heterocycles. The fourth-order valence-corrected chi connectivity index (χ4v) is 1.84. The number of carbonyl (C=O) groups is 1. The number of hydrogen-bond donors (Lipinski definition) is 4. The van der Waals surface area contributed by atoms with Gasteiger partial charge in [0.05, 0.1) is 0 Å². The van der Waals surface area contributed by atoms with Crippen LogP contribution in [0.5, 0.6) is 5.75 Å². The van der Waals surface area contributed by atoms with E-state index in [1.807, 2.05) is 13.8 Å². The van der Waals surface area contributed by atoms with Crippen molar-refractivity contribution >= 4 is 6.29 Å². The van der Waals surface area contributed by atoms with Crippen molar-refractivity contribution in [2.24, 2.45) is 11.7 Å². The molecule has 0 fully saturated rings. The van der Waals surface area contributed by atoms with E-state index >= 15 is 0 Å². The molecule has 0 aliphatic heterocycles. The Kier molecular flexibility index (Phi) is 5.05. The van der Waals surface area contributed by atoms with Gasteiger partial charge in [0.2, 0.25) is 0 Å². The summed E-state index contributed by atoms with van der Waals surface area (Å²) >= 11 is 0. The van der Waals surface area contributed by atoms with Gasteiger partial charge in [-0.2, -0.15) is 0 Å². The van der Waals surface area contributed by atoms with Crippen LogP contribution in [0, 0.1) is 5.92 Å². The van der Waals surface area contributed by atoms with Crippen molar-refractivity contribution in [3.05, 3.63) is 29.3 Å². The lowest BCUT2D eigenvalue weighted by molar-refractivity contribution is -0.0824. The van der Waals surface area contributed by atoms with Gasteiger partial charge in [-0.15, -0.1) is 0 Å². The Morgan fingerprint density at radius 1 is 1.37 bits per heavy atom. The van der Waals surface area contributed by atoms with Crippen molar-refractivity contribution in [1.82, 2.24) is 0 Å². The molecule has 5 heteroatoms. The highest BCUT2D eigenvalue weighted by Gasteiger charge is 2.35. The first-order valence-electron chi connectivity index (χ1n) is 6.27. The van der Waals surface area contributed by atoms with Gasteiger partial charge in [-0.3, -0.25) is 10.5 Å². The predicted octanol–water partition coefficient (Wildman–Crippen LogP) is 1.11. The summed E-state index contributed by atoms with van der Waals surface area (Å²) in [7, 11) is 0. The Bertz CT molecular complexity index is 443. The summed E-state index contributed by atoms with van der Waals surface area (Å²) in [5, 5.41) is 29.9. The lowest BCUT2D eigenvalue weighted by atomic mass is 9.91. The molecule has 0 radical (unpaired) electrons. The number of nitrogens with two attached hydrogens (primary N) is 1. The van der Waals surface area contributed by atoms with Crippen molar-refractivity contribution in [3.63, 3.8) is 0 Å². The molecule has 0 unspecified atom stereocenters. The number of aliphatic hydroxyl groups is 2. The molecule has 0 heterocycles. The Hall–Kier alpha value is -1.43. The van der Waals surface area contributed by atoms with Gasteiger partial charge >= 0.3 is 0 Å². The van der Waals surface area contributed by atoms with Gasteiger partial charge in [-0.1, -0.05) is 13.8 Å². The number of aliphatic hydroxyl groups excluding tert-OH is 1. The standard InChI is InChI=1S/C14H21NO4/c1-9(2)3-6-13(18)14(15,19)11-7-10(8-16)4-5-12(11)17/h4-5,7-9,13,17-19H,3,6,15H2,1-2H3/t13-,14-/m0/s1. The third kappa shape index (κ3) is 3.76. The molecule has 106 valence electrons. The quantitative estimate of drug-likeness (QED) is 0.456. The smallest absolute Gasteiger partial charge is 0.169 e. The maximum Gasteiger partial charge on any atom is 0.169 e. The highest BCUT2D eigenvalue weighted by atomic mass is 16.4. The Balaban J connectivity index is 3.00. The van der Waals surface area contributed by atoms with Crippen LogP contribution in [-0.2, 0) is 5.72 Å². The summed E-state index contributed by atoms with van der Waals surface area (Å²) < 4.78 is 0. The van der Waals surface area contributed by atoms with E-state index in [9.17, 15) is 20.1 Å². The first-order chi connectivity index (χ1) is 8.78. The SMILES string of the molecule is CC(C)CC[C@H](O)[C@@](N)(O)c1cc(C=O)ccc1O. The molecule has 0 aliphatic rings. The van der Waals surface area contributed by atoms with Crippen LogP contribution in [0.4, 0.5) is 0 Å². The van der Waals surface area contributed by atoms with Gasteiger partial charge in [0, 0.05) is 11.1 Å². The molecule has 1 aromatic carbocycles. The van der Waals surface area contributed by atoms with Crippen LogP contribution < -0.4 is 5.73 Å². The molecule has 0 saturated carbocycles. The molecule has 19 heavy (non-hydrogen) atoms. The molecule has 0 saturated heterocycles. The van der Waals surface area contributed by atoms with Gasteiger partial charge in [-0.05, 0) is 37.0 Å². The third-order valence-electron chi connectivity index (χ3n) is 3.11. The van der Waals surface area contributed by atoms with Crippen LogP contribution in [0.3, 0.4) is 0 Å². The third-order valence-corrected chi connectivity index (χ3v) is 3.11. The highest BCUT2D eigenvalue weighted by Crippen LogP contribution is 2.30. The van der Waals surface area contributed by atoms with E-state index in [4.69, 9.17) is 5.73 Å². The van der Waals surface area contributed by atoms with Gasteiger partial charge in [0.25, 0.3) is 0 Å². The molecule has 1 aromatic rings. The summed E-state index contributed by atoms with van der Waals surface area (Å²) in [6.07, 6.45) is 0.353. The largest absolute Gasteiger partial charge is 0.508 e. The van der Waals surface area contributed by atoms with Crippen LogP contribution >= 0.6 is 0 Å². The Morgan fingerprint density at radius 2 is 2.00 bits per heavy atom. The lowest BCUT2D eigenvalue weighted by Gasteiger charge is -2.30. The number of rotatable bonds is 6. The summed E-state index contributed by atoms with van der Waals surface area (Å²) in [5.74, 6) is 0.111. The highest BCUT2D eigenvalue weighted by molar-refractivity contribution is 5.75. The summed E-state index contributed by atoms with van der Waals surface area (Å²) in [6, 6.07) is 3.95. The van der Waals surface area contributed by atoms with E-state index in [0.717, 1.165) is 0 Å². The predicted molar refractivity (Wildman–Crippen MR) is 71.7 cm³/mol. The summed E-state index contributed by atoms with van der Waals surface area (Å²) in [4.78, 5) is 10.7. The maximum absolute atomic E-state index is 10.7. The average molecular weight is 267 g/mol. The zero-order valence-electron chi connectivity index (χ0n) is 11.2. The van der Waals surface area contributed by atoms with E-state index in [1.54, 1.807) is 0 Å². The topological polar surface area (TPSA) is 104 Å².